The summed E-state index contributed by atoms with van der Waals surface area (Å²) in [5.74, 6) is 0.0404. The van der Waals surface area contributed by atoms with E-state index in [0.29, 0.717) is 5.56 Å². The number of benzene rings is 1. The summed E-state index contributed by atoms with van der Waals surface area (Å²) < 4.78 is 6.63. The van der Waals surface area contributed by atoms with Gasteiger partial charge < -0.3 is 14.6 Å². The lowest BCUT2D eigenvalue weighted by Gasteiger charge is -2.23. The number of aryl methyl sites for hydroxylation is 2. The lowest BCUT2D eigenvalue weighted by Crippen LogP contribution is -2.50. The summed E-state index contributed by atoms with van der Waals surface area (Å²) in [6.07, 6.45) is 0. The van der Waals surface area contributed by atoms with Gasteiger partial charge in [-0.15, -0.1) is 0 Å². The van der Waals surface area contributed by atoms with Gasteiger partial charge in [-0.3, -0.25) is 4.79 Å². The maximum atomic E-state index is 12.3. The number of rotatable bonds is 3. The minimum absolute atomic E-state index is 0.337. The predicted molar refractivity (Wildman–Crippen MR) is 79.0 cm³/mol. The molecule has 6 heteroatoms. The van der Waals surface area contributed by atoms with Crippen molar-refractivity contribution in [1.29, 1.82) is 0 Å². The molecule has 1 aromatic heterocycles. The molecular formula is C15H19N3O3. The number of ether oxygens (including phenoxy) is 1. The van der Waals surface area contributed by atoms with E-state index in [1.807, 2.05) is 24.6 Å². The van der Waals surface area contributed by atoms with Crippen LogP contribution in [0.3, 0.4) is 0 Å². The van der Waals surface area contributed by atoms with E-state index in [0.717, 1.165) is 16.9 Å². The van der Waals surface area contributed by atoms with Crippen LogP contribution in [0.15, 0.2) is 18.2 Å². The molecule has 0 aliphatic carbocycles. The van der Waals surface area contributed by atoms with Crippen LogP contribution < -0.4 is 5.32 Å². The first-order valence-corrected chi connectivity index (χ1v) is 6.60. The number of nitrogens with zero attached hydrogens (tertiary/aromatic N) is 2. The molecule has 0 unspecified atom stereocenters. The predicted octanol–water partition coefficient (Wildman–Crippen LogP) is 1.56. The average Bonchev–Trinajstić information content (AvgIpc) is 2.72. The molecule has 0 bridgehead atoms. The largest absolute Gasteiger partial charge is 0.467 e. The number of esters is 1. The van der Waals surface area contributed by atoms with E-state index >= 15 is 0 Å². The molecule has 1 N–H and O–H groups in total. The smallest absolute Gasteiger partial charge is 0.330 e. The topological polar surface area (TPSA) is 73.2 Å². The van der Waals surface area contributed by atoms with Gasteiger partial charge in [-0.05, 0) is 39.0 Å². The van der Waals surface area contributed by atoms with Crippen LogP contribution >= 0.6 is 0 Å². The van der Waals surface area contributed by atoms with Crippen LogP contribution in [-0.2, 0) is 16.6 Å². The molecule has 2 rings (SSSR count). The molecule has 21 heavy (non-hydrogen) atoms. The van der Waals surface area contributed by atoms with Crippen molar-refractivity contribution < 1.29 is 14.3 Å². The van der Waals surface area contributed by atoms with Gasteiger partial charge in [0.05, 0.1) is 18.1 Å². The van der Waals surface area contributed by atoms with Crippen molar-refractivity contribution in [3.05, 3.63) is 29.6 Å². The maximum Gasteiger partial charge on any atom is 0.330 e. The molecular weight excluding hydrogens is 270 g/mol. The molecule has 0 aliphatic heterocycles. The van der Waals surface area contributed by atoms with Crippen molar-refractivity contribution in [2.45, 2.75) is 26.3 Å². The number of fused-ring (bicyclic) bond motifs is 1. The number of imidazole rings is 1. The fraction of sp³-hybridized carbons (Fsp3) is 0.400. The number of carbonyl (C=O) groups is 2. The summed E-state index contributed by atoms with van der Waals surface area (Å²) in [5, 5.41) is 2.66. The van der Waals surface area contributed by atoms with Crippen molar-refractivity contribution in [2.75, 3.05) is 7.11 Å². The Morgan fingerprint density at radius 1 is 1.33 bits per heavy atom. The van der Waals surface area contributed by atoms with E-state index in [1.54, 1.807) is 26.0 Å². The fourth-order valence-corrected chi connectivity index (χ4v) is 2.12. The molecule has 0 saturated heterocycles. The quantitative estimate of drug-likeness (QED) is 0.870. The van der Waals surface area contributed by atoms with Crippen LogP contribution in [0.1, 0.15) is 30.0 Å². The second-order valence-corrected chi connectivity index (χ2v) is 5.49. The van der Waals surface area contributed by atoms with Crippen LogP contribution in [0.5, 0.6) is 0 Å². The zero-order chi connectivity index (χ0) is 15.8. The van der Waals surface area contributed by atoms with E-state index in [-0.39, 0.29) is 5.91 Å². The zero-order valence-corrected chi connectivity index (χ0v) is 12.9. The minimum Gasteiger partial charge on any atom is -0.467 e. The summed E-state index contributed by atoms with van der Waals surface area (Å²) in [6.45, 7) is 5.10. The number of methoxy groups -OCH3 is 1. The molecule has 1 heterocycles. The summed E-state index contributed by atoms with van der Waals surface area (Å²) in [6, 6.07) is 5.27. The van der Waals surface area contributed by atoms with E-state index in [2.05, 4.69) is 15.0 Å². The third-order valence-corrected chi connectivity index (χ3v) is 3.49. The summed E-state index contributed by atoms with van der Waals surface area (Å²) in [7, 11) is 3.21. The number of aromatic nitrogens is 2. The zero-order valence-electron chi connectivity index (χ0n) is 12.9. The third kappa shape index (κ3) is 2.74. The maximum absolute atomic E-state index is 12.3. The Morgan fingerprint density at radius 3 is 2.62 bits per heavy atom. The minimum atomic E-state index is -1.08. The normalized spacial score (nSPS) is 11.5. The van der Waals surface area contributed by atoms with Gasteiger partial charge in [-0.1, -0.05) is 0 Å². The summed E-state index contributed by atoms with van der Waals surface area (Å²) >= 11 is 0. The molecule has 0 radical (unpaired) electrons. The van der Waals surface area contributed by atoms with Gasteiger partial charge in [-0.25, -0.2) is 9.78 Å². The van der Waals surface area contributed by atoms with Crippen molar-refractivity contribution in [3.8, 4) is 0 Å². The Bertz CT molecular complexity index is 716. The fourth-order valence-electron chi connectivity index (χ4n) is 2.12. The first-order chi connectivity index (χ1) is 9.76. The Balaban J connectivity index is 2.30. The molecule has 1 amide bonds. The SMILES string of the molecule is COC(=O)C(C)(C)NC(=O)c1ccc2c(c1)nc(C)n2C. The van der Waals surface area contributed by atoms with Gasteiger partial charge in [0.2, 0.25) is 0 Å². The number of hydrogen-bond acceptors (Lipinski definition) is 4. The standard InChI is InChI=1S/C15H19N3O3/c1-9-16-11-8-10(6-7-12(11)18(9)4)13(19)17-15(2,3)14(20)21-5/h6-8H,1-5H3,(H,17,19). The van der Waals surface area contributed by atoms with Crippen LogP contribution in [0.2, 0.25) is 0 Å². The second-order valence-electron chi connectivity index (χ2n) is 5.49. The molecule has 0 spiro atoms. The van der Waals surface area contributed by atoms with Gasteiger partial charge in [0.1, 0.15) is 11.4 Å². The van der Waals surface area contributed by atoms with E-state index in [4.69, 9.17) is 0 Å². The molecule has 0 aliphatic rings. The highest BCUT2D eigenvalue weighted by Crippen LogP contribution is 2.17. The Morgan fingerprint density at radius 2 is 2.00 bits per heavy atom. The van der Waals surface area contributed by atoms with Crippen molar-refractivity contribution in [2.24, 2.45) is 7.05 Å². The van der Waals surface area contributed by atoms with Crippen LogP contribution in [0.4, 0.5) is 0 Å². The van der Waals surface area contributed by atoms with Crippen LogP contribution in [-0.4, -0.2) is 34.1 Å². The number of carbonyl (C=O) groups excluding carboxylic acids is 2. The van der Waals surface area contributed by atoms with Crippen LogP contribution in [0, 0.1) is 6.92 Å². The number of hydrogen-bond donors (Lipinski definition) is 1. The third-order valence-electron chi connectivity index (χ3n) is 3.49. The monoisotopic (exact) mass is 289 g/mol. The summed E-state index contributed by atoms with van der Waals surface area (Å²) in [5.41, 5.74) is 1.08. The van der Waals surface area contributed by atoms with E-state index < -0.39 is 11.5 Å². The first kappa shape index (κ1) is 15.0. The second kappa shape index (κ2) is 5.20. The molecule has 112 valence electrons. The van der Waals surface area contributed by atoms with Gasteiger partial charge in [-0.2, -0.15) is 0 Å². The average molecular weight is 289 g/mol. The molecule has 6 nitrogen and oxygen atoms in total. The Labute approximate surface area is 123 Å². The first-order valence-electron chi connectivity index (χ1n) is 6.60. The highest BCUT2D eigenvalue weighted by atomic mass is 16.5. The van der Waals surface area contributed by atoms with Crippen molar-refractivity contribution >= 4 is 22.9 Å². The van der Waals surface area contributed by atoms with Crippen LogP contribution in [0.25, 0.3) is 11.0 Å². The molecule has 0 saturated carbocycles. The van der Waals surface area contributed by atoms with Gasteiger partial charge in [0.15, 0.2) is 0 Å². The number of nitrogens with one attached hydrogen (secondary N) is 1. The Hall–Kier alpha value is -2.37. The molecule has 1 aromatic carbocycles. The number of amides is 1. The van der Waals surface area contributed by atoms with Gasteiger partial charge >= 0.3 is 5.97 Å². The molecule has 0 fully saturated rings. The Kier molecular flexibility index (Phi) is 3.72. The van der Waals surface area contributed by atoms with E-state index in [1.165, 1.54) is 7.11 Å². The lowest BCUT2D eigenvalue weighted by molar-refractivity contribution is -0.146. The highest BCUT2D eigenvalue weighted by molar-refractivity contribution is 6.00. The van der Waals surface area contributed by atoms with Gasteiger partial charge in [0, 0.05) is 12.6 Å². The van der Waals surface area contributed by atoms with Crippen molar-refractivity contribution in [1.82, 2.24) is 14.9 Å². The lowest BCUT2D eigenvalue weighted by atomic mass is 10.0. The van der Waals surface area contributed by atoms with Crippen molar-refractivity contribution in [3.63, 3.8) is 0 Å². The molecule has 2 aromatic rings. The van der Waals surface area contributed by atoms with E-state index in [9.17, 15) is 9.59 Å². The van der Waals surface area contributed by atoms with Gasteiger partial charge in [0.25, 0.3) is 5.91 Å². The molecule has 0 atom stereocenters. The summed E-state index contributed by atoms with van der Waals surface area (Å²) in [4.78, 5) is 28.3. The highest BCUT2D eigenvalue weighted by Gasteiger charge is 2.30.